The van der Waals surface area contributed by atoms with Gasteiger partial charge in [0.1, 0.15) is 0 Å². The summed E-state index contributed by atoms with van der Waals surface area (Å²) in [6.07, 6.45) is 4.15. The van der Waals surface area contributed by atoms with Gasteiger partial charge in [0.15, 0.2) is 0 Å². The van der Waals surface area contributed by atoms with Crippen LogP contribution in [-0.4, -0.2) is 48.6 Å². The van der Waals surface area contributed by atoms with Crippen molar-refractivity contribution in [2.45, 2.75) is 31.3 Å². The molecule has 2 heterocycles. The molecule has 2 atom stereocenters. The fourth-order valence-corrected chi connectivity index (χ4v) is 3.36. The van der Waals surface area contributed by atoms with Gasteiger partial charge in [-0.15, -0.1) is 0 Å². The summed E-state index contributed by atoms with van der Waals surface area (Å²) < 4.78 is 0. The Bertz CT molecular complexity index is 154. The normalized spacial score (nSPS) is 36.7. The number of nitrogens with one attached hydrogen (secondary N) is 1. The van der Waals surface area contributed by atoms with E-state index in [4.69, 9.17) is 0 Å². The van der Waals surface area contributed by atoms with E-state index >= 15 is 0 Å². The SMILES string of the molecule is CN1CC[C@H](N[C@H]2CCCSC2)C1. The standard InChI is InChI=1S/C10H20N2S/c1-12-5-4-9(7-12)11-10-3-2-6-13-8-10/h9-11H,2-8H2,1H3/t9-,10-/m0/s1. The van der Waals surface area contributed by atoms with Crippen molar-refractivity contribution >= 4 is 11.8 Å². The van der Waals surface area contributed by atoms with Gasteiger partial charge in [0.25, 0.3) is 0 Å². The van der Waals surface area contributed by atoms with Crippen molar-refractivity contribution in [2.75, 3.05) is 31.6 Å². The fourth-order valence-electron chi connectivity index (χ4n) is 2.28. The molecule has 76 valence electrons. The molecule has 0 aromatic carbocycles. The maximum absolute atomic E-state index is 3.79. The van der Waals surface area contributed by atoms with E-state index in [9.17, 15) is 0 Å². The minimum Gasteiger partial charge on any atom is -0.309 e. The summed E-state index contributed by atoms with van der Waals surface area (Å²) in [5.74, 6) is 2.71. The van der Waals surface area contributed by atoms with E-state index in [0.717, 1.165) is 12.1 Å². The van der Waals surface area contributed by atoms with E-state index < -0.39 is 0 Å². The van der Waals surface area contributed by atoms with E-state index in [1.165, 1.54) is 43.9 Å². The molecular formula is C10H20N2S. The third-order valence-corrected chi connectivity index (χ3v) is 4.24. The molecule has 0 aromatic rings. The van der Waals surface area contributed by atoms with Crippen LogP contribution >= 0.6 is 11.8 Å². The Labute approximate surface area is 85.4 Å². The summed E-state index contributed by atoms with van der Waals surface area (Å²) in [5.41, 5.74) is 0. The first-order valence-corrected chi connectivity index (χ1v) is 6.52. The minimum atomic E-state index is 0.772. The zero-order chi connectivity index (χ0) is 9.10. The molecular weight excluding hydrogens is 180 g/mol. The quantitative estimate of drug-likeness (QED) is 0.720. The Kier molecular flexibility index (Phi) is 3.52. The molecule has 3 heteroatoms. The van der Waals surface area contributed by atoms with Gasteiger partial charge in [0.2, 0.25) is 0 Å². The molecule has 0 saturated carbocycles. The zero-order valence-electron chi connectivity index (χ0n) is 8.46. The van der Waals surface area contributed by atoms with Gasteiger partial charge < -0.3 is 10.2 Å². The van der Waals surface area contributed by atoms with Crippen LogP contribution in [0.25, 0.3) is 0 Å². The average molecular weight is 200 g/mol. The van der Waals surface area contributed by atoms with Crippen LogP contribution in [-0.2, 0) is 0 Å². The van der Waals surface area contributed by atoms with Crippen LogP contribution in [0.2, 0.25) is 0 Å². The Balaban J connectivity index is 1.71. The van der Waals surface area contributed by atoms with Crippen LogP contribution in [0.3, 0.4) is 0 Å². The molecule has 0 unspecified atom stereocenters. The van der Waals surface area contributed by atoms with Crippen LogP contribution in [0.1, 0.15) is 19.3 Å². The molecule has 2 saturated heterocycles. The molecule has 2 aliphatic rings. The zero-order valence-corrected chi connectivity index (χ0v) is 9.28. The predicted octanol–water partition coefficient (Wildman–Crippen LogP) is 1.18. The third-order valence-electron chi connectivity index (χ3n) is 3.02. The molecule has 2 nitrogen and oxygen atoms in total. The van der Waals surface area contributed by atoms with Crippen molar-refractivity contribution in [3.8, 4) is 0 Å². The van der Waals surface area contributed by atoms with Crippen molar-refractivity contribution in [1.82, 2.24) is 10.2 Å². The topological polar surface area (TPSA) is 15.3 Å². The highest BCUT2D eigenvalue weighted by atomic mass is 32.2. The van der Waals surface area contributed by atoms with Gasteiger partial charge in [-0.25, -0.2) is 0 Å². The number of thioether (sulfide) groups is 1. The summed E-state index contributed by atoms with van der Waals surface area (Å²) in [7, 11) is 2.22. The maximum atomic E-state index is 3.79. The minimum absolute atomic E-state index is 0.772. The molecule has 0 aromatic heterocycles. The fraction of sp³-hybridized carbons (Fsp3) is 1.00. The summed E-state index contributed by atoms with van der Waals surface area (Å²) >= 11 is 2.11. The second kappa shape index (κ2) is 4.67. The number of hydrogen-bond acceptors (Lipinski definition) is 3. The summed E-state index contributed by atoms with van der Waals surface area (Å²) in [6.45, 7) is 2.53. The van der Waals surface area contributed by atoms with Gasteiger partial charge in [-0.05, 0) is 38.6 Å². The Hall–Kier alpha value is 0.270. The molecule has 0 aliphatic carbocycles. The highest BCUT2D eigenvalue weighted by molar-refractivity contribution is 7.99. The monoisotopic (exact) mass is 200 g/mol. The van der Waals surface area contributed by atoms with Crippen LogP contribution in [0.5, 0.6) is 0 Å². The largest absolute Gasteiger partial charge is 0.309 e. The summed E-state index contributed by atoms with van der Waals surface area (Å²) in [5, 5.41) is 3.79. The molecule has 2 rings (SSSR count). The molecule has 2 fully saturated rings. The lowest BCUT2D eigenvalue weighted by molar-refractivity contribution is 0.379. The lowest BCUT2D eigenvalue weighted by Gasteiger charge is -2.26. The second-order valence-corrected chi connectivity index (χ2v) is 5.48. The first kappa shape index (κ1) is 9.81. The molecule has 1 N–H and O–H groups in total. The third kappa shape index (κ3) is 2.86. The van der Waals surface area contributed by atoms with E-state index in [1.54, 1.807) is 0 Å². The van der Waals surface area contributed by atoms with Gasteiger partial charge in [-0.3, -0.25) is 0 Å². The number of nitrogens with zero attached hydrogens (tertiary/aromatic N) is 1. The van der Waals surface area contributed by atoms with Crippen molar-refractivity contribution in [1.29, 1.82) is 0 Å². The predicted molar refractivity (Wildman–Crippen MR) is 59.4 cm³/mol. The number of likely N-dealkylation sites (N-methyl/N-ethyl adjacent to an activating group) is 1. The Morgan fingerprint density at radius 2 is 2.23 bits per heavy atom. The van der Waals surface area contributed by atoms with E-state index in [1.807, 2.05) is 0 Å². The number of likely N-dealkylation sites (tertiary alicyclic amines) is 1. The number of hydrogen-bond donors (Lipinski definition) is 1. The molecule has 13 heavy (non-hydrogen) atoms. The van der Waals surface area contributed by atoms with Crippen LogP contribution in [0, 0.1) is 0 Å². The van der Waals surface area contributed by atoms with Crippen LogP contribution in [0.4, 0.5) is 0 Å². The molecule has 0 radical (unpaired) electrons. The first-order chi connectivity index (χ1) is 6.34. The van der Waals surface area contributed by atoms with Gasteiger partial charge >= 0.3 is 0 Å². The highest BCUT2D eigenvalue weighted by Gasteiger charge is 2.23. The lowest BCUT2D eigenvalue weighted by atomic mass is 10.1. The molecule has 2 aliphatic heterocycles. The molecule has 0 spiro atoms. The molecule has 0 amide bonds. The van der Waals surface area contributed by atoms with E-state index in [0.29, 0.717) is 0 Å². The Morgan fingerprint density at radius 1 is 1.31 bits per heavy atom. The first-order valence-electron chi connectivity index (χ1n) is 5.37. The van der Waals surface area contributed by atoms with Gasteiger partial charge in [-0.2, -0.15) is 11.8 Å². The van der Waals surface area contributed by atoms with E-state index in [2.05, 4.69) is 29.0 Å². The highest BCUT2D eigenvalue weighted by Crippen LogP contribution is 2.18. The van der Waals surface area contributed by atoms with Crippen LogP contribution < -0.4 is 5.32 Å². The smallest absolute Gasteiger partial charge is 0.0209 e. The van der Waals surface area contributed by atoms with Gasteiger partial charge in [0.05, 0.1) is 0 Å². The summed E-state index contributed by atoms with van der Waals surface area (Å²) in [6, 6.07) is 1.57. The second-order valence-electron chi connectivity index (χ2n) is 4.33. The lowest BCUT2D eigenvalue weighted by Crippen LogP contribution is -2.42. The average Bonchev–Trinajstić information content (AvgIpc) is 2.53. The Morgan fingerprint density at radius 3 is 2.85 bits per heavy atom. The number of rotatable bonds is 2. The summed E-state index contributed by atoms with van der Waals surface area (Å²) in [4.78, 5) is 2.42. The van der Waals surface area contributed by atoms with Crippen LogP contribution in [0.15, 0.2) is 0 Å². The van der Waals surface area contributed by atoms with Gasteiger partial charge in [0, 0.05) is 24.4 Å². The van der Waals surface area contributed by atoms with E-state index in [-0.39, 0.29) is 0 Å². The van der Waals surface area contributed by atoms with Gasteiger partial charge in [-0.1, -0.05) is 0 Å². The van der Waals surface area contributed by atoms with Crippen molar-refractivity contribution in [3.63, 3.8) is 0 Å². The molecule has 0 bridgehead atoms. The van der Waals surface area contributed by atoms with Crippen molar-refractivity contribution < 1.29 is 0 Å². The maximum Gasteiger partial charge on any atom is 0.0209 e. The van der Waals surface area contributed by atoms with Crippen molar-refractivity contribution in [2.24, 2.45) is 0 Å². The van der Waals surface area contributed by atoms with Crippen molar-refractivity contribution in [3.05, 3.63) is 0 Å².